The fraction of sp³-hybridized carbons (Fsp3) is 0.700. The van der Waals surface area contributed by atoms with Crippen molar-refractivity contribution in [2.75, 3.05) is 37.8 Å². The summed E-state index contributed by atoms with van der Waals surface area (Å²) in [5.74, 6) is 0.0817. The SMILES string of the molecule is CCCN(CC)c1snc(N)c1S(=O)(=O)N(C)C. The molecule has 0 radical (unpaired) electrons. The van der Waals surface area contributed by atoms with Crippen LogP contribution >= 0.6 is 11.5 Å². The second kappa shape index (κ2) is 5.85. The van der Waals surface area contributed by atoms with Crippen molar-refractivity contribution in [1.29, 1.82) is 0 Å². The van der Waals surface area contributed by atoms with Crippen molar-refractivity contribution in [3.63, 3.8) is 0 Å². The van der Waals surface area contributed by atoms with Crippen LogP contribution in [0.3, 0.4) is 0 Å². The van der Waals surface area contributed by atoms with Crippen LogP contribution in [0.5, 0.6) is 0 Å². The van der Waals surface area contributed by atoms with E-state index in [1.807, 2.05) is 18.7 Å². The molecule has 8 heteroatoms. The van der Waals surface area contributed by atoms with Crippen LogP contribution in [0.15, 0.2) is 4.90 Å². The molecule has 0 aliphatic heterocycles. The van der Waals surface area contributed by atoms with Gasteiger partial charge in [0.15, 0.2) is 10.7 Å². The van der Waals surface area contributed by atoms with Crippen LogP contribution < -0.4 is 10.6 Å². The summed E-state index contributed by atoms with van der Waals surface area (Å²) in [6.45, 7) is 5.55. The van der Waals surface area contributed by atoms with Crippen molar-refractivity contribution in [3.8, 4) is 0 Å². The van der Waals surface area contributed by atoms with Gasteiger partial charge in [-0.2, -0.15) is 4.37 Å². The molecular formula is C10H20N4O2S2. The maximum atomic E-state index is 12.2. The zero-order chi connectivity index (χ0) is 13.9. The van der Waals surface area contributed by atoms with Gasteiger partial charge in [-0.3, -0.25) is 0 Å². The normalized spacial score (nSPS) is 12.1. The van der Waals surface area contributed by atoms with E-state index in [0.717, 1.165) is 35.3 Å². The lowest BCUT2D eigenvalue weighted by Gasteiger charge is -2.22. The Labute approximate surface area is 113 Å². The maximum Gasteiger partial charge on any atom is 0.249 e. The molecule has 104 valence electrons. The summed E-state index contributed by atoms with van der Waals surface area (Å²) in [6.07, 6.45) is 0.938. The van der Waals surface area contributed by atoms with Gasteiger partial charge in [0.2, 0.25) is 10.0 Å². The Morgan fingerprint density at radius 1 is 1.33 bits per heavy atom. The molecule has 0 saturated heterocycles. The van der Waals surface area contributed by atoms with E-state index in [0.29, 0.717) is 5.00 Å². The zero-order valence-corrected chi connectivity index (χ0v) is 12.8. The summed E-state index contributed by atoms with van der Waals surface area (Å²) >= 11 is 1.14. The summed E-state index contributed by atoms with van der Waals surface area (Å²) < 4.78 is 29.6. The van der Waals surface area contributed by atoms with Crippen LogP contribution in [-0.4, -0.2) is 44.3 Å². The maximum absolute atomic E-state index is 12.2. The van der Waals surface area contributed by atoms with Crippen LogP contribution in [0.2, 0.25) is 0 Å². The third kappa shape index (κ3) is 2.76. The smallest absolute Gasteiger partial charge is 0.249 e. The van der Waals surface area contributed by atoms with Gasteiger partial charge in [-0.1, -0.05) is 6.92 Å². The number of nitrogens with zero attached hydrogens (tertiary/aromatic N) is 3. The Hall–Kier alpha value is -0.860. The molecule has 0 aliphatic carbocycles. The van der Waals surface area contributed by atoms with E-state index < -0.39 is 10.0 Å². The molecule has 0 amide bonds. The summed E-state index contributed by atoms with van der Waals surface area (Å²) in [6, 6.07) is 0. The fourth-order valence-electron chi connectivity index (χ4n) is 1.58. The van der Waals surface area contributed by atoms with E-state index in [2.05, 4.69) is 4.37 Å². The first kappa shape index (κ1) is 15.2. The van der Waals surface area contributed by atoms with Crippen molar-refractivity contribution >= 4 is 32.4 Å². The van der Waals surface area contributed by atoms with E-state index in [1.54, 1.807) is 0 Å². The lowest BCUT2D eigenvalue weighted by molar-refractivity contribution is 0.521. The zero-order valence-electron chi connectivity index (χ0n) is 11.2. The van der Waals surface area contributed by atoms with Gasteiger partial charge in [0.1, 0.15) is 5.00 Å². The standard InChI is InChI=1S/C10H20N4O2S2/c1-5-7-14(6-2)10-8(9(11)12-17-10)18(15,16)13(3)4/h5-7H2,1-4H3,(H2,11,12). The first-order valence-corrected chi connectivity index (χ1v) is 8.00. The lowest BCUT2D eigenvalue weighted by atomic mass is 10.4. The Bertz CT molecular complexity index is 496. The first-order valence-electron chi connectivity index (χ1n) is 5.78. The van der Waals surface area contributed by atoms with Crippen molar-refractivity contribution < 1.29 is 8.42 Å². The summed E-state index contributed by atoms with van der Waals surface area (Å²) in [5, 5.41) is 0.630. The number of nitrogens with two attached hydrogens (primary N) is 1. The molecule has 0 spiro atoms. The Kier molecular flexibility index (Phi) is 4.94. The van der Waals surface area contributed by atoms with E-state index in [1.165, 1.54) is 14.1 Å². The third-order valence-electron chi connectivity index (χ3n) is 2.56. The molecule has 0 aromatic carbocycles. The molecule has 1 heterocycles. The first-order chi connectivity index (χ1) is 8.36. The molecule has 0 atom stereocenters. The van der Waals surface area contributed by atoms with E-state index in [-0.39, 0.29) is 10.7 Å². The number of nitrogen functional groups attached to an aromatic ring is 1. The summed E-state index contributed by atoms with van der Waals surface area (Å²) in [4.78, 5) is 2.12. The average Bonchev–Trinajstić information content (AvgIpc) is 2.68. The number of aromatic nitrogens is 1. The highest BCUT2D eigenvalue weighted by molar-refractivity contribution is 7.89. The molecule has 0 saturated carbocycles. The molecule has 1 aromatic heterocycles. The highest BCUT2D eigenvalue weighted by atomic mass is 32.2. The molecule has 18 heavy (non-hydrogen) atoms. The van der Waals surface area contributed by atoms with Crippen molar-refractivity contribution in [2.24, 2.45) is 0 Å². The molecule has 6 nitrogen and oxygen atoms in total. The van der Waals surface area contributed by atoms with Gasteiger partial charge < -0.3 is 10.6 Å². The van der Waals surface area contributed by atoms with Crippen LogP contribution in [0.1, 0.15) is 20.3 Å². The van der Waals surface area contributed by atoms with Crippen LogP contribution in [0.25, 0.3) is 0 Å². The van der Waals surface area contributed by atoms with Gasteiger partial charge >= 0.3 is 0 Å². The van der Waals surface area contributed by atoms with Crippen molar-refractivity contribution in [1.82, 2.24) is 8.68 Å². The Balaban J connectivity index is 3.33. The minimum absolute atomic E-state index is 0.0817. The summed E-state index contributed by atoms with van der Waals surface area (Å²) in [7, 11) is -0.569. The Morgan fingerprint density at radius 3 is 2.39 bits per heavy atom. The molecule has 0 fully saturated rings. The predicted octanol–water partition coefficient (Wildman–Crippen LogP) is 1.21. The van der Waals surface area contributed by atoms with Gasteiger partial charge in [-0.15, -0.1) is 0 Å². The monoisotopic (exact) mass is 292 g/mol. The van der Waals surface area contributed by atoms with Crippen LogP contribution in [-0.2, 0) is 10.0 Å². The minimum Gasteiger partial charge on any atom is -0.382 e. The molecular weight excluding hydrogens is 272 g/mol. The van der Waals surface area contributed by atoms with Gasteiger partial charge in [0.05, 0.1) is 0 Å². The van der Waals surface area contributed by atoms with Gasteiger partial charge in [0, 0.05) is 27.2 Å². The number of hydrogen-bond donors (Lipinski definition) is 1. The van der Waals surface area contributed by atoms with E-state index in [4.69, 9.17) is 5.73 Å². The lowest BCUT2D eigenvalue weighted by Crippen LogP contribution is -2.28. The molecule has 0 bridgehead atoms. The molecule has 2 N–H and O–H groups in total. The van der Waals surface area contributed by atoms with Gasteiger partial charge in [0.25, 0.3) is 0 Å². The Morgan fingerprint density at radius 2 is 1.94 bits per heavy atom. The highest BCUT2D eigenvalue weighted by Crippen LogP contribution is 2.35. The predicted molar refractivity (Wildman–Crippen MR) is 75.6 cm³/mol. The van der Waals surface area contributed by atoms with Gasteiger partial charge in [-0.05, 0) is 24.9 Å². The molecule has 0 aliphatic rings. The van der Waals surface area contributed by atoms with Crippen molar-refractivity contribution in [3.05, 3.63) is 0 Å². The van der Waals surface area contributed by atoms with E-state index in [9.17, 15) is 8.42 Å². The quantitative estimate of drug-likeness (QED) is 0.852. The topological polar surface area (TPSA) is 79.5 Å². The second-order valence-electron chi connectivity index (χ2n) is 4.07. The fourth-order valence-corrected chi connectivity index (χ4v) is 3.89. The number of hydrogen-bond acceptors (Lipinski definition) is 6. The minimum atomic E-state index is -3.55. The number of anilines is 2. The molecule has 0 unspecified atom stereocenters. The summed E-state index contributed by atoms with van der Waals surface area (Å²) in [5.41, 5.74) is 5.72. The largest absolute Gasteiger partial charge is 0.382 e. The highest BCUT2D eigenvalue weighted by Gasteiger charge is 2.29. The van der Waals surface area contributed by atoms with Crippen LogP contribution in [0, 0.1) is 0 Å². The van der Waals surface area contributed by atoms with Gasteiger partial charge in [-0.25, -0.2) is 12.7 Å². The second-order valence-corrected chi connectivity index (χ2v) is 6.91. The third-order valence-corrected chi connectivity index (χ3v) is 5.49. The molecule has 1 rings (SSSR count). The van der Waals surface area contributed by atoms with Crippen molar-refractivity contribution in [2.45, 2.75) is 25.2 Å². The number of sulfonamides is 1. The average molecular weight is 292 g/mol. The number of rotatable bonds is 6. The van der Waals surface area contributed by atoms with Crippen LogP contribution in [0.4, 0.5) is 10.8 Å². The molecule has 1 aromatic rings. The van der Waals surface area contributed by atoms with E-state index >= 15 is 0 Å².